The van der Waals surface area contributed by atoms with E-state index in [0.717, 1.165) is 11.3 Å². The minimum Gasteiger partial charge on any atom is -0.363 e. The molecule has 0 saturated heterocycles. The van der Waals surface area contributed by atoms with Gasteiger partial charge in [0.1, 0.15) is 0 Å². The van der Waals surface area contributed by atoms with E-state index < -0.39 is 0 Å². The molecule has 0 spiro atoms. The molecule has 1 N–H and O–H groups in total. The number of aromatic nitrogens is 2. The molecule has 11 heavy (non-hydrogen) atoms. The molecule has 4 nitrogen and oxygen atoms in total. The van der Waals surface area contributed by atoms with Crippen LogP contribution in [0.2, 0.25) is 0 Å². The fraction of sp³-hybridized carbons (Fsp3) is 0.667. The van der Waals surface area contributed by atoms with Crippen LogP contribution < -0.4 is 10.2 Å². The molecule has 0 amide bonds. The maximum absolute atomic E-state index is 11.1. The molecule has 1 aromatic rings. The van der Waals surface area contributed by atoms with Gasteiger partial charge in [-0.05, 0) is 25.2 Å². The average molecular weight is 173 g/mol. The minimum atomic E-state index is -0.00986. The van der Waals surface area contributed by atoms with Gasteiger partial charge in [-0.25, -0.2) is 4.68 Å². The normalized spacial score (nSPS) is 10.5. The molecule has 0 aliphatic heterocycles. The van der Waals surface area contributed by atoms with E-state index in [4.69, 9.17) is 0 Å². The predicted molar refractivity (Wildman–Crippen MR) is 46.3 cm³/mol. The lowest BCUT2D eigenvalue weighted by Crippen LogP contribution is -2.16. The highest BCUT2D eigenvalue weighted by Gasteiger charge is 2.06. The summed E-state index contributed by atoms with van der Waals surface area (Å²) in [5, 5.41) is 7.54. The lowest BCUT2D eigenvalue weighted by atomic mass is 10.4. The van der Waals surface area contributed by atoms with Gasteiger partial charge in [-0.2, -0.15) is 0 Å². The van der Waals surface area contributed by atoms with Crippen molar-refractivity contribution in [3.63, 3.8) is 0 Å². The molecule has 0 radical (unpaired) electrons. The second-order valence-corrected chi connectivity index (χ2v) is 3.40. The van der Waals surface area contributed by atoms with Crippen molar-refractivity contribution < 1.29 is 0 Å². The van der Waals surface area contributed by atoms with E-state index in [1.54, 1.807) is 7.05 Å². The van der Waals surface area contributed by atoms with Crippen molar-refractivity contribution in [2.45, 2.75) is 19.9 Å². The summed E-state index contributed by atoms with van der Waals surface area (Å²) in [7, 11) is 1.75. The third-order valence-electron chi connectivity index (χ3n) is 1.27. The van der Waals surface area contributed by atoms with E-state index in [0.29, 0.717) is 5.13 Å². The van der Waals surface area contributed by atoms with E-state index >= 15 is 0 Å². The fourth-order valence-electron chi connectivity index (χ4n) is 0.716. The van der Waals surface area contributed by atoms with Gasteiger partial charge in [-0.15, -0.1) is 5.10 Å². The number of anilines is 1. The highest BCUT2D eigenvalue weighted by atomic mass is 32.1. The zero-order chi connectivity index (χ0) is 8.43. The summed E-state index contributed by atoms with van der Waals surface area (Å²) in [5.74, 6) is 0. The van der Waals surface area contributed by atoms with Crippen molar-refractivity contribution in [3.8, 4) is 0 Å². The van der Waals surface area contributed by atoms with Crippen LogP contribution in [0.5, 0.6) is 0 Å². The number of rotatable bonds is 2. The highest BCUT2D eigenvalue weighted by molar-refractivity contribution is 7.12. The Morgan fingerprint density at radius 3 is 2.55 bits per heavy atom. The quantitative estimate of drug-likeness (QED) is 0.723. The van der Waals surface area contributed by atoms with Crippen LogP contribution in [0.4, 0.5) is 5.13 Å². The maximum Gasteiger partial charge on any atom is 0.326 e. The monoisotopic (exact) mass is 173 g/mol. The molecule has 1 heterocycles. The number of nitrogens with one attached hydrogen (secondary N) is 1. The maximum atomic E-state index is 11.1. The van der Waals surface area contributed by atoms with Gasteiger partial charge in [0, 0.05) is 7.05 Å². The zero-order valence-electron chi connectivity index (χ0n) is 6.79. The first kappa shape index (κ1) is 8.26. The molecule has 0 aromatic carbocycles. The van der Waals surface area contributed by atoms with Gasteiger partial charge >= 0.3 is 4.87 Å². The fourth-order valence-corrected chi connectivity index (χ4v) is 1.46. The van der Waals surface area contributed by atoms with Crippen LogP contribution in [-0.2, 0) is 0 Å². The number of nitrogens with zero attached hydrogens (tertiary/aromatic N) is 2. The van der Waals surface area contributed by atoms with E-state index in [1.165, 1.54) is 4.68 Å². The Morgan fingerprint density at radius 2 is 2.27 bits per heavy atom. The van der Waals surface area contributed by atoms with E-state index in [9.17, 15) is 4.79 Å². The van der Waals surface area contributed by atoms with Gasteiger partial charge < -0.3 is 5.32 Å². The zero-order valence-corrected chi connectivity index (χ0v) is 7.60. The molecule has 0 aliphatic rings. The lowest BCUT2D eigenvalue weighted by molar-refractivity contribution is 0.520. The standard InChI is InChI=1S/C6H11N3OS/c1-4(2)9-6(10)11-5(7-3)8-9/h4H,1-3H3,(H,7,8). The molecule has 0 unspecified atom stereocenters. The van der Waals surface area contributed by atoms with Crippen molar-refractivity contribution in [1.82, 2.24) is 9.78 Å². The van der Waals surface area contributed by atoms with Crippen LogP contribution in [0.1, 0.15) is 19.9 Å². The Hall–Kier alpha value is -0.840. The Balaban J connectivity index is 3.07. The molecule has 0 fully saturated rings. The Labute approximate surface area is 68.9 Å². The largest absolute Gasteiger partial charge is 0.363 e. The summed E-state index contributed by atoms with van der Waals surface area (Å²) in [6, 6.07) is 0.140. The number of hydrogen-bond acceptors (Lipinski definition) is 4. The van der Waals surface area contributed by atoms with Gasteiger partial charge in [0.2, 0.25) is 5.13 Å². The van der Waals surface area contributed by atoms with Crippen molar-refractivity contribution in [3.05, 3.63) is 9.67 Å². The summed E-state index contributed by atoms with van der Waals surface area (Å²) in [4.78, 5) is 11.1. The summed E-state index contributed by atoms with van der Waals surface area (Å²) >= 11 is 1.13. The molecule has 62 valence electrons. The van der Waals surface area contributed by atoms with Crippen LogP contribution in [0.15, 0.2) is 4.79 Å². The predicted octanol–water partition coefficient (Wildman–Crippen LogP) is 0.927. The Morgan fingerprint density at radius 1 is 1.64 bits per heavy atom. The molecule has 0 aliphatic carbocycles. The van der Waals surface area contributed by atoms with Gasteiger partial charge in [-0.1, -0.05) is 0 Å². The average Bonchev–Trinajstić information content (AvgIpc) is 2.30. The summed E-state index contributed by atoms with van der Waals surface area (Å²) in [6.07, 6.45) is 0. The first-order valence-electron chi connectivity index (χ1n) is 3.42. The Kier molecular flexibility index (Phi) is 2.28. The van der Waals surface area contributed by atoms with Gasteiger partial charge in [0.05, 0.1) is 6.04 Å². The molecule has 1 aromatic heterocycles. The Bertz CT molecular complexity index is 288. The SMILES string of the molecule is CNc1nn(C(C)C)c(=O)s1. The van der Waals surface area contributed by atoms with Crippen LogP contribution >= 0.6 is 11.3 Å². The molecular formula is C6H11N3OS. The lowest BCUT2D eigenvalue weighted by Gasteiger charge is -2.00. The van der Waals surface area contributed by atoms with E-state index in [2.05, 4.69) is 10.4 Å². The van der Waals surface area contributed by atoms with E-state index in [1.807, 2.05) is 13.8 Å². The number of hydrogen-bond donors (Lipinski definition) is 1. The molecule has 0 saturated carbocycles. The summed E-state index contributed by atoms with van der Waals surface area (Å²) in [6.45, 7) is 3.86. The van der Waals surface area contributed by atoms with Crippen LogP contribution in [0.25, 0.3) is 0 Å². The van der Waals surface area contributed by atoms with Crippen LogP contribution in [0, 0.1) is 0 Å². The van der Waals surface area contributed by atoms with Crippen molar-refractivity contribution in [1.29, 1.82) is 0 Å². The molecule has 1 rings (SSSR count). The van der Waals surface area contributed by atoms with Crippen molar-refractivity contribution >= 4 is 16.5 Å². The topological polar surface area (TPSA) is 46.9 Å². The molecule has 5 heteroatoms. The first-order valence-corrected chi connectivity index (χ1v) is 4.24. The minimum absolute atomic E-state index is 0.00986. The molecule has 0 atom stereocenters. The van der Waals surface area contributed by atoms with Gasteiger partial charge in [0.15, 0.2) is 0 Å². The smallest absolute Gasteiger partial charge is 0.326 e. The third-order valence-corrected chi connectivity index (χ3v) is 2.11. The third kappa shape index (κ3) is 1.59. The highest BCUT2D eigenvalue weighted by Crippen LogP contribution is 2.07. The van der Waals surface area contributed by atoms with Crippen molar-refractivity contribution in [2.24, 2.45) is 0 Å². The van der Waals surface area contributed by atoms with Gasteiger partial charge in [-0.3, -0.25) is 4.79 Å². The van der Waals surface area contributed by atoms with E-state index in [-0.39, 0.29) is 10.9 Å². The van der Waals surface area contributed by atoms with Crippen LogP contribution in [0.3, 0.4) is 0 Å². The second kappa shape index (κ2) is 3.04. The van der Waals surface area contributed by atoms with Crippen LogP contribution in [-0.4, -0.2) is 16.8 Å². The first-order chi connectivity index (χ1) is 5.15. The van der Waals surface area contributed by atoms with Crippen molar-refractivity contribution in [2.75, 3.05) is 12.4 Å². The molecular weight excluding hydrogens is 162 g/mol. The summed E-state index contributed by atoms with van der Waals surface area (Å²) < 4.78 is 1.47. The van der Waals surface area contributed by atoms with Gasteiger partial charge in [0.25, 0.3) is 0 Å². The second-order valence-electron chi connectivity index (χ2n) is 2.46. The summed E-state index contributed by atoms with van der Waals surface area (Å²) in [5.41, 5.74) is 0. The molecule has 0 bridgehead atoms.